The molecule has 11 heavy (non-hydrogen) atoms. The summed E-state index contributed by atoms with van der Waals surface area (Å²) in [4.78, 5) is 0. The van der Waals surface area contributed by atoms with E-state index >= 15 is 0 Å². The van der Waals surface area contributed by atoms with E-state index in [1.165, 1.54) is 0 Å². The van der Waals surface area contributed by atoms with Gasteiger partial charge in [-0.1, -0.05) is 13.8 Å². The molecule has 1 rings (SSSR count). The lowest BCUT2D eigenvalue weighted by atomic mass is 9.94. The normalized spacial score (nSPS) is 39.5. The van der Waals surface area contributed by atoms with Gasteiger partial charge in [-0.25, -0.2) is 0 Å². The predicted molar refractivity (Wildman–Crippen MR) is 43.2 cm³/mol. The van der Waals surface area contributed by atoms with Crippen LogP contribution in [0.4, 0.5) is 0 Å². The van der Waals surface area contributed by atoms with Gasteiger partial charge in [0.1, 0.15) is 0 Å². The van der Waals surface area contributed by atoms with E-state index in [-0.39, 0.29) is 12.1 Å². The summed E-state index contributed by atoms with van der Waals surface area (Å²) in [6, 6.07) is -0.101. The van der Waals surface area contributed by atoms with E-state index in [2.05, 4.69) is 13.8 Å². The zero-order chi connectivity index (χ0) is 8.43. The number of rotatable bonds is 1. The minimum absolute atomic E-state index is 0.101. The Bertz CT molecular complexity index is 127. The van der Waals surface area contributed by atoms with Gasteiger partial charge in [-0.05, 0) is 12.3 Å². The smallest absolute Gasteiger partial charge is 0.0925 e. The minimum Gasteiger partial charge on any atom is -0.389 e. The molecule has 3 nitrogen and oxygen atoms in total. The predicted octanol–water partition coefficient (Wildman–Crippen LogP) is 0.120. The molecule has 1 heterocycles. The Balaban J connectivity index is 2.40. The first kappa shape index (κ1) is 8.97. The van der Waals surface area contributed by atoms with Crippen LogP contribution in [0.15, 0.2) is 0 Å². The van der Waals surface area contributed by atoms with Crippen molar-refractivity contribution >= 4 is 0 Å². The number of aliphatic hydroxyl groups excluding tert-OH is 1. The Hall–Kier alpha value is -0.120. The first-order valence-corrected chi connectivity index (χ1v) is 4.16. The fourth-order valence-corrected chi connectivity index (χ4v) is 1.30. The maximum atomic E-state index is 9.23. The zero-order valence-corrected chi connectivity index (χ0v) is 7.16. The van der Waals surface area contributed by atoms with Crippen LogP contribution in [-0.2, 0) is 4.74 Å². The Kier molecular flexibility index (Phi) is 2.87. The standard InChI is InChI=1S/C8H17NO2/c1-5(2)8-3-6(9)7(10)4-11-8/h5-8,10H,3-4,9H2,1-2H3/t6-,7+,8+/m1/s1. The lowest BCUT2D eigenvalue weighted by Crippen LogP contribution is -2.47. The summed E-state index contributed by atoms with van der Waals surface area (Å²) in [7, 11) is 0. The number of hydrogen-bond donors (Lipinski definition) is 2. The summed E-state index contributed by atoms with van der Waals surface area (Å²) < 4.78 is 5.39. The molecule has 3 heteroatoms. The van der Waals surface area contributed by atoms with Gasteiger partial charge in [-0.15, -0.1) is 0 Å². The number of hydrogen-bond acceptors (Lipinski definition) is 3. The molecule has 0 unspecified atom stereocenters. The summed E-state index contributed by atoms with van der Waals surface area (Å²) >= 11 is 0. The molecule has 0 radical (unpaired) electrons. The first-order chi connectivity index (χ1) is 5.11. The van der Waals surface area contributed by atoms with Gasteiger partial charge in [-0.3, -0.25) is 0 Å². The zero-order valence-electron chi connectivity index (χ0n) is 7.16. The van der Waals surface area contributed by atoms with Crippen molar-refractivity contribution in [2.45, 2.75) is 38.5 Å². The fourth-order valence-electron chi connectivity index (χ4n) is 1.30. The van der Waals surface area contributed by atoms with Crippen LogP contribution in [0.2, 0.25) is 0 Å². The van der Waals surface area contributed by atoms with Crippen LogP contribution >= 0.6 is 0 Å². The van der Waals surface area contributed by atoms with Crippen LogP contribution in [0, 0.1) is 5.92 Å². The van der Waals surface area contributed by atoms with Crippen molar-refractivity contribution < 1.29 is 9.84 Å². The second kappa shape index (κ2) is 3.52. The van der Waals surface area contributed by atoms with Gasteiger partial charge in [0.15, 0.2) is 0 Å². The van der Waals surface area contributed by atoms with Crippen molar-refractivity contribution in [3.8, 4) is 0 Å². The fraction of sp³-hybridized carbons (Fsp3) is 1.00. The molecule has 66 valence electrons. The molecule has 0 spiro atoms. The van der Waals surface area contributed by atoms with Gasteiger partial charge in [0, 0.05) is 6.04 Å². The molecule has 3 N–H and O–H groups in total. The van der Waals surface area contributed by atoms with E-state index in [9.17, 15) is 5.11 Å². The number of ether oxygens (including phenoxy) is 1. The second-order valence-electron chi connectivity index (χ2n) is 3.58. The highest BCUT2D eigenvalue weighted by atomic mass is 16.5. The van der Waals surface area contributed by atoms with Crippen molar-refractivity contribution in [2.75, 3.05) is 6.61 Å². The molecule has 1 fully saturated rings. The van der Waals surface area contributed by atoms with Crippen molar-refractivity contribution in [1.29, 1.82) is 0 Å². The summed E-state index contributed by atoms with van der Waals surface area (Å²) in [5.41, 5.74) is 5.68. The molecule has 1 aliphatic heterocycles. The maximum Gasteiger partial charge on any atom is 0.0925 e. The van der Waals surface area contributed by atoms with Gasteiger partial charge in [0.25, 0.3) is 0 Å². The number of nitrogens with two attached hydrogens (primary N) is 1. The van der Waals surface area contributed by atoms with Gasteiger partial charge in [-0.2, -0.15) is 0 Å². The Morgan fingerprint density at radius 3 is 2.64 bits per heavy atom. The molecular weight excluding hydrogens is 142 g/mol. The highest BCUT2D eigenvalue weighted by Gasteiger charge is 2.28. The third kappa shape index (κ3) is 2.15. The third-order valence-electron chi connectivity index (χ3n) is 2.22. The Morgan fingerprint density at radius 2 is 2.18 bits per heavy atom. The van der Waals surface area contributed by atoms with Gasteiger partial charge in [0.2, 0.25) is 0 Å². The summed E-state index contributed by atoms with van der Waals surface area (Å²) in [5, 5.41) is 9.23. The van der Waals surface area contributed by atoms with Crippen molar-refractivity contribution in [1.82, 2.24) is 0 Å². The van der Waals surface area contributed by atoms with E-state index in [1.54, 1.807) is 0 Å². The Labute approximate surface area is 67.5 Å². The highest BCUT2D eigenvalue weighted by Crippen LogP contribution is 2.18. The lowest BCUT2D eigenvalue weighted by molar-refractivity contribution is -0.0823. The lowest BCUT2D eigenvalue weighted by Gasteiger charge is -2.33. The monoisotopic (exact) mass is 159 g/mol. The SMILES string of the molecule is CC(C)[C@@H]1C[C@@H](N)[C@@H](O)CO1. The largest absolute Gasteiger partial charge is 0.389 e. The second-order valence-corrected chi connectivity index (χ2v) is 3.58. The van der Waals surface area contributed by atoms with Crippen LogP contribution in [0.25, 0.3) is 0 Å². The average molecular weight is 159 g/mol. The summed E-state index contributed by atoms with van der Waals surface area (Å²) in [6.07, 6.45) is 0.539. The number of aliphatic hydroxyl groups is 1. The van der Waals surface area contributed by atoms with Crippen molar-refractivity contribution in [2.24, 2.45) is 11.7 Å². The van der Waals surface area contributed by atoms with Crippen LogP contribution < -0.4 is 5.73 Å². The molecule has 0 amide bonds. The summed E-state index contributed by atoms with van der Waals surface area (Å²) in [6.45, 7) is 4.61. The van der Waals surface area contributed by atoms with E-state index in [0.29, 0.717) is 12.5 Å². The molecule has 0 bridgehead atoms. The molecule has 1 saturated heterocycles. The summed E-state index contributed by atoms with van der Waals surface area (Å²) in [5.74, 6) is 0.494. The quantitative estimate of drug-likeness (QED) is 0.571. The maximum absolute atomic E-state index is 9.23. The van der Waals surface area contributed by atoms with Crippen LogP contribution in [-0.4, -0.2) is 30.0 Å². The van der Waals surface area contributed by atoms with Crippen LogP contribution in [0.5, 0.6) is 0 Å². The van der Waals surface area contributed by atoms with E-state index in [1.807, 2.05) is 0 Å². The third-order valence-corrected chi connectivity index (χ3v) is 2.22. The molecular formula is C8H17NO2. The van der Waals surface area contributed by atoms with E-state index in [4.69, 9.17) is 10.5 Å². The Morgan fingerprint density at radius 1 is 1.55 bits per heavy atom. The highest BCUT2D eigenvalue weighted by molar-refractivity contribution is 4.82. The molecule has 0 saturated carbocycles. The van der Waals surface area contributed by atoms with Crippen LogP contribution in [0.1, 0.15) is 20.3 Å². The molecule has 0 aromatic rings. The topological polar surface area (TPSA) is 55.5 Å². The van der Waals surface area contributed by atoms with E-state index in [0.717, 1.165) is 6.42 Å². The molecule has 0 aromatic carbocycles. The van der Waals surface area contributed by atoms with Crippen molar-refractivity contribution in [3.05, 3.63) is 0 Å². The minimum atomic E-state index is -0.468. The molecule has 3 atom stereocenters. The van der Waals surface area contributed by atoms with E-state index < -0.39 is 6.10 Å². The van der Waals surface area contributed by atoms with Crippen molar-refractivity contribution in [3.63, 3.8) is 0 Å². The molecule has 0 aromatic heterocycles. The van der Waals surface area contributed by atoms with Gasteiger partial charge < -0.3 is 15.6 Å². The van der Waals surface area contributed by atoms with Crippen LogP contribution in [0.3, 0.4) is 0 Å². The average Bonchev–Trinajstić information content (AvgIpc) is 1.94. The van der Waals surface area contributed by atoms with Gasteiger partial charge in [0.05, 0.1) is 18.8 Å². The molecule has 0 aliphatic carbocycles. The first-order valence-electron chi connectivity index (χ1n) is 4.16. The van der Waals surface area contributed by atoms with Gasteiger partial charge >= 0.3 is 0 Å². The molecule has 1 aliphatic rings.